The first-order valence-corrected chi connectivity index (χ1v) is 7.66. The molecule has 2 aromatic rings. The first kappa shape index (κ1) is 15.6. The summed E-state index contributed by atoms with van der Waals surface area (Å²) >= 11 is 0. The zero-order valence-corrected chi connectivity index (χ0v) is 12.8. The molecule has 0 radical (unpaired) electrons. The van der Waals surface area contributed by atoms with Crippen LogP contribution in [0.5, 0.6) is 0 Å². The monoisotopic (exact) mass is 313 g/mol. The van der Waals surface area contributed by atoms with Crippen molar-refractivity contribution in [3.8, 4) is 0 Å². The number of fused-ring (bicyclic) bond motifs is 1. The lowest BCUT2D eigenvalue weighted by Gasteiger charge is -2.25. The number of ether oxygens (including phenoxy) is 1. The van der Waals surface area contributed by atoms with Gasteiger partial charge in [0.25, 0.3) is 0 Å². The molecule has 1 amide bonds. The van der Waals surface area contributed by atoms with Gasteiger partial charge >= 0.3 is 0 Å². The second-order valence-electron chi connectivity index (χ2n) is 5.55. The predicted octanol–water partition coefficient (Wildman–Crippen LogP) is 0.996. The standard InChI is InChI=1S/C17H19N3O3/c21-12-15-3-2-14-9-13(1-4-16(14)19-15)10-18-17(22)11-20-5-7-23-8-6-20/h1-4,9,12H,5-8,10-11H2,(H,18,22). The van der Waals surface area contributed by atoms with Crippen molar-refractivity contribution in [2.75, 3.05) is 32.8 Å². The molecular formula is C17H19N3O3. The van der Waals surface area contributed by atoms with E-state index >= 15 is 0 Å². The van der Waals surface area contributed by atoms with Crippen LogP contribution in [0.15, 0.2) is 30.3 Å². The molecule has 6 heteroatoms. The minimum atomic E-state index is 0.0152. The summed E-state index contributed by atoms with van der Waals surface area (Å²) in [5, 5.41) is 3.89. The molecule has 2 heterocycles. The van der Waals surface area contributed by atoms with Gasteiger partial charge in [-0.1, -0.05) is 12.1 Å². The van der Waals surface area contributed by atoms with Crippen molar-refractivity contribution in [2.45, 2.75) is 6.54 Å². The van der Waals surface area contributed by atoms with Gasteiger partial charge in [0.15, 0.2) is 6.29 Å². The fourth-order valence-corrected chi connectivity index (χ4v) is 2.59. The Bertz CT molecular complexity index is 711. The molecule has 3 rings (SSSR count). The Morgan fingerprint density at radius 2 is 2.09 bits per heavy atom. The van der Waals surface area contributed by atoms with Gasteiger partial charge in [0, 0.05) is 25.0 Å². The summed E-state index contributed by atoms with van der Waals surface area (Å²) in [4.78, 5) is 29.0. The number of morpholine rings is 1. The molecule has 0 bridgehead atoms. The number of nitrogens with one attached hydrogen (secondary N) is 1. The van der Waals surface area contributed by atoms with Gasteiger partial charge < -0.3 is 10.1 Å². The number of rotatable bonds is 5. The number of amides is 1. The van der Waals surface area contributed by atoms with Gasteiger partial charge in [-0.25, -0.2) is 4.98 Å². The highest BCUT2D eigenvalue weighted by molar-refractivity contribution is 5.84. The summed E-state index contributed by atoms with van der Waals surface area (Å²) in [6.07, 6.45) is 0.735. The molecule has 0 atom stereocenters. The topological polar surface area (TPSA) is 71.5 Å². The maximum Gasteiger partial charge on any atom is 0.234 e. The van der Waals surface area contributed by atoms with Crippen LogP contribution in [-0.4, -0.2) is 54.9 Å². The number of aromatic nitrogens is 1. The van der Waals surface area contributed by atoms with Crippen molar-refractivity contribution < 1.29 is 14.3 Å². The number of hydrogen-bond acceptors (Lipinski definition) is 5. The molecule has 6 nitrogen and oxygen atoms in total. The third kappa shape index (κ3) is 4.12. The van der Waals surface area contributed by atoms with Gasteiger partial charge in [-0.2, -0.15) is 0 Å². The van der Waals surface area contributed by atoms with Gasteiger partial charge in [0.1, 0.15) is 5.69 Å². The Labute approximate surface area is 134 Å². The lowest BCUT2D eigenvalue weighted by Crippen LogP contribution is -2.43. The summed E-state index contributed by atoms with van der Waals surface area (Å²) in [6, 6.07) is 9.32. The number of benzene rings is 1. The first-order chi connectivity index (χ1) is 11.2. The van der Waals surface area contributed by atoms with E-state index in [0.717, 1.165) is 35.8 Å². The molecular weight excluding hydrogens is 294 g/mol. The molecule has 1 aromatic carbocycles. The smallest absolute Gasteiger partial charge is 0.234 e. The molecule has 1 aromatic heterocycles. The van der Waals surface area contributed by atoms with E-state index in [1.54, 1.807) is 6.07 Å². The van der Waals surface area contributed by atoms with E-state index < -0.39 is 0 Å². The molecule has 0 unspecified atom stereocenters. The lowest BCUT2D eigenvalue weighted by atomic mass is 10.1. The Morgan fingerprint density at radius 3 is 2.87 bits per heavy atom. The van der Waals surface area contributed by atoms with Gasteiger partial charge in [-0.05, 0) is 23.8 Å². The normalized spacial score (nSPS) is 15.5. The number of hydrogen-bond donors (Lipinski definition) is 1. The second-order valence-corrected chi connectivity index (χ2v) is 5.55. The highest BCUT2D eigenvalue weighted by Gasteiger charge is 2.13. The van der Waals surface area contributed by atoms with Crippen LogP contribution in [0.4, 0.5) is 0 Å². The average molecular weight is 313 g/mol. The van der Waals surface area contributed by atoms with Gasteiger partial charge in [-0.15, -0.1) is 0 Å². The second kappa shape index (κ2) is 7.30. The summed E-state index contributed by atoms with van der Waals surface area (Å²) < 4.78 is 5.27. The van der Waals surface area contributed by atoms with E-state index in [0.29, 0.717) is 32.0 Å². The molecule has 0 aliphatic carbocycles. The van der Waals surface area contributed by atoms with Crippen LogP contribution in [0, 0.1) is 0 Å². The van der Waals surface area contributed by atoms with Crippen LogP contribution in [0.2, 0.25) is 0 Å². The Hall–Kier alpha value is -2.31. The summed E-state index contributed by atoms with van der Waals surface area (Å²) in [5.74, 6) is 0.0152. The zero-order chi connectivity index (χ0) is 16.1. The van der Waals surface area contributed by atoms with Crippen LogP contribution >= 0.6 is 0 Å². The highest BCUT2D eigenvalue weighted by Crippen LogP contribution is 2.14. The van der Waals surface area contributed by atoms with Crippen LogP contribution in [0.25, 0.3) is 10.9 Å². The molecule has 1 saturated heterocycles. The van der Waals surface area contributed by atoms with Crippen molar-refractivity contribution in [2.24, 2.45) is 0 Å². The lowest BCUT2D eigenvalue weighted by molar-refractivity contribution is -0.123. The molecule has 1 N–H and O–H groups in total. The molecule has 1 aliphatic heterocycles. The Balaban J connectivity index is 1.58. The fraction of sp³-hybridized carbons (Fsp3) is 0.353. The summed E-state index contributed by atoms with van der Waals surface area (Å²) in [5.41, 5.74) is 2.20. The zero-order valence-electron chi connectivity index (χ0n) is 12.8. The van der Waals surface area contributed by atoms with Crippen LogP contribution in [0.1, 0.15) is 16.1 Å². The third-order valence-electron chi connectivity index (χ3n) is 3.86. The molecule has 120 valence electrons. The van der Waals surface area contributed by atoms with Crippen molar-refractivity contribution in [1.29, 1.82) is 0 Å². The van der Waals surface area contributed by atoms with Gasteiger partial charge in [0.2, 0.25) is 5.91 Å². The predicted molar refractivity (Wildman–Crippen MR) is 86.2 cm³/mol. The Kier molecular flexibility index (Phi) is 4.95. The minimum Gasteiger partial charge on any atom is -0.379 e. The molecule has 0 spiro atoms. The van der Waals surface area contributed by atoms with E-state index in [9.17, 15) is 9.59 Å². The molecule has 0 saturated carbocycles. The number of nitrogens with zero attached hydrogens (tertiary/aromatic N) is 2. The number of aldehydes is 1. The average Bonchev–Trinajstić information content (AvgIpc) is 2.60. The van der Waals surface area contributed by atoms with Crippen LogP contribution in [0.3, 0.4) is 0 Å². The first-order valence-electron chi connectivity index (χ1n) is 7.66. The van der Waals surface area contributed by atoms with Crippen molar-refractivity contribution in [1.82, 2.24) is 15.2 Å². The van der Waals surface area contributed by atoms with E-state index in [1.807, 2.05) is 24.3 Å². The summed E-state index contributed by atoms with van der Waals surface area (Å²) in [7, 11) is 0. The molecule has 23 heavy (non-hydrogen) atoms. The van der Waals surface area contributed by atoms with Gasteiger partial charge in [-0.3, -0.25) is 14.5 Å². The number of carbonyl (C=O) groups is 2. The minimum absolute atomic E-state index is 0.0152. The summed E-state index contributed by atoms with van der Waals surface area (Å²) in [6.45, 7) is 3.86. The Morgan fingerprint density at radius 1 is 1.26 bits per heavy atom. The van der Waals surface area contributed by atoms with Crippen molar-refractivity contribution in [3.63, 3.8) is 0 Å². The van der Waals surface area contributed by atoms with Crippen LogP contribution in [-0.2, 0) is 16.1 Å². The quantitative estimate of drug-likeness (QED) is 0.834. The highest BCUT2D eigenvalue weighted by atomic mass is 16.5. The number of carbonyl (C=O) groups excluding carboxylic acids is 2. The van der Waals surface area contributed by atoms with E-state index in [-0.39, 0.29) is 5.91 Å². The largest absolute Gasteiger partial charge is 0.379 e. The maximum atomic E-state index is 12.0. The van der Waals surface area contributed by atoms with E-state index in [2.05, 4.69) is 15.2 Å². The van der Waals surface area contributed by atoms with Gasteiger partial charge in [0.05, 0.1) is 25.3 Å². The van der Waals surface area contributed by atoms with E-state index in [4.69, 9.17) is 4.74 Å². The fourth-order valence-electron chi connectivity index (χ4n) is 2.59. The maximum absolute atomic E-state index is 12.0. The SMILES string of the molecule is O=Cc1ccc2cc(CNC(=O)CN3CCOCC3)ccc2n1. The third-order valence-corrected chi connectivity index (χ3v) is 3.86. The number of pyridine rings is 1. The van der Waals surface area contributed by atoms with E-state index in [1.165, 1.54) is 0 Å². The molecule has 1 fully saturated rings. The van der Waals surface area contributed by atoms with Crippen molar-refractivity contribution in [3.05, 3.63) is 41.6 Å². The van der Waals surface area contributed by atoms with Crippen LogP contribution < -0.4 is 5.32 Å². The van der Waals surface area contributed by atoms with Crippen molar-refractivity contribution >= 4 is 23.1 Å². The molecule has 1 aliphatic rings.